The van der Waals surface area contributed by atoms with Crippen LogP contribution in [0.2, 0.25) is 0 Å². The number of carbonyl (C=O) groups is 1. The van der Waals surface area contributed by atoms with E-state index < -0.39 is 5.97 Å². The van der Waals surface area contributed by atoms with Gasteiger partial charge in [0, 0.05) is 24.1 Å². The van der Waals surface area contributed by atoms with Crippen LogP contribution in [0, 0.1) is 0 Å². The zero-order valence-electron chi connectivity index (χ0n) is 10.1. The lowest BCUT2D eigenvalue weighted by Crippen LogP contribution is -2.12. The molecule has 0 aliphatic heterocycles. The number of H-pyrrole nitrogens is 1. The van der Waals surface area contributed by atoms with Gasteiger partial charge in [-0.3, -0.25) is 4.79 Å². The Labute approximate surface area is 103 Å². The van der Waals surface area contributed by atoms with Crippen LogP contribution in [0.4, 0.5) is 0 Å². The van der Waals surface area contributed by atoms with Crippen molar-refractivity contribution in [2.45, 2.75) is 6.61 Å². The summed E-state index contributed by atoms with van der Waals surface area (Å²) in [4.78, 5) is 26.3. The number of carbonyl (C=O) groups excluding carboxylic acids is 1. The monoisotopic (exact) mass is 247 g/mol. The maximum atomic E-state index is 11.9. The number of aromatic nitrogens is 1. The number of aromatic amines is 1. The van der Waals surface area contributed by atoms with Crippen molar-refractivity contribution in [2.75, 3.05) is 14.2 Å². The van der Waals surface area contributed by atoms with E-state index in [1.165, 1.54) is 13.2 Å². The number of pyridine rings is 1. The lowest BCUT2D eigenvalue weighted by molar-refractivity contribution is 0.0594. The van der Waals surface area contributed by atoms with Crippen LogP contribution in [0.15, 0.2) is 29.1 Å². The highest BCUT2D eigenvalue weighted by Crippen LogP contribution is 2.15. The van der Waals surface area contributed by atoms with Crippen molar-refractivity contribution in [3.05, 3.63) is 45.7 Å². The van der Waals surface area contributed by atoms with E-state index in [2.05, 4.69) is 9.72 Å². The molecule has 2 aromatic rings. The molecule has 0 amide bonds. The average molecular weight is 247 g/mol. The molecule has 0 fully saturated rings. The van der Waals surface area contributed by atoms with Crippen LogP contribution in [-0.2, 0) is 16.1 Å². The zero-order valence-corrected chi connectivity index (χ0v) is 10.1. The minimum Gasteiger partial charge on any atom is -0.464 e. The van der Waals surface area contributed by atoms with Crippen molar-refractivity contribution >= 4 is 16.9 Å². The quantitative estimate of drug-likeness (QED) is 0.834. The fraction of sp³-hybridized carbons (Fsp3) is 0.231. The Morgan fingerprint density at radius 2 is 2.11 bits per heavy atom. The third-order valence-corrected chi connectivity index (χ3v) is 2.66. The van der Waals surface area contributed by atoms with Gasteiger partial charge < -0.3 is 14.5 Å². The molecule has 0 aliphatic rings. The van der Waals surface area contributed by atoms with Crippen LogP contribution >= 0.6 is 0 Å². The second-order valence-corrected chi connectivity index (χ2v) is 3.81. The Balaban J connectivity index is 2.72. The van der Waals surface area contributed by atoms with E-state index in [0.717, 1.165) is 5.56 Å². The number of benzene rings is 1. The van der Waals surface area contributed by atoms with E-state index in [-0.39, 0.29) is 11.1 Å². The molecule has 5 nitrogen and oxygen atoms in total. The van der Waals surface area contributed by atoms with Crippen molar-refractivity contribution in [3.63, 3.8) is 0 Å². The summed E-state index contributed by atoms with van der Waals surface area (Å²) < 4.78 is 9.66. The van der Waals surface area contributed by atoms with Gasteiger partial charge in [-0.1, -0.05) is 12.1 Å². The van der Waals surface area contributed by atoms with E-state index >= 15 is 0 Å². The van der Waals surface area contributed by atoms with Gasteiger partial charge in [-0.15, -0.1) is 0 Å². The number of hydrogen-bond donors (Lipinski definition) is 1. The van der Waals surface area contributed by atoms with Crippen LogP contribution in [0.25, 0.3) is 10.9 Å². The Bertz CT molecular complexity index is 645. The number of fused-ring (bicyclic) bond motifs is 1. The largest absolute Gasteiger partial charge is 0.464 e. The van der Waals surface area contributed by atoms with Gasteiger partial charge in [-0.25, -0.2) is 4.79 Å². The van der Waals surface area contributed by atoms with Crippen molar-refractivity contribution in [2.24, 2.45) is 0 Å². The van der Waals surface area contributed by atoms with Gasteiger partial charge in [0.05, 0.1) is 19.2 Å². The molecule has 0 saturated heterocycles. The van der Waals surface area contributed by atoms with Gasteiger partial charge in [0.2, 0.25) is 0 Å². The first-order chi connectivity index (χ1) is 8.67. The van der Waals surface area contributed by atoms with E-state index in [9.17, 15) is 9.59 Å². The summed E-state index contributed by atoms with van der Waals surface area (Å²) in [5, 5.41) is 0.525. The zero-order chi connectivity index (χ0) is 13.1. The lowest BCUT2D eigenvalue weighted by Gasteiger charge is -2.07. The van der Waals surface area contributed by atoms with E-state index in [1.54, 1.807) is 19.2 Å². The Morgan fingerprint density at radius 1 is 1.33 bits per heavy atom. The van der Waals surface area contributed by atoms with Crippen LogP contribution in [0.1, 0.15) is 16.1 Å². The predicted molar refractivity (Wildman–Crippen MR) is 66.6 cm³/mol. The molecule has 0 bridgehead atoms. The number of ether oxygens (including phenoxy) is 2. The molecule has 2 rings (SSSR count). The topological polar surface area (TPSA) is 68.4 Å². The molecule has 1 aromatic heterocycles. The fourth-order valence-electron chi connectivity index (χ4n) is 1.83. The van der Waals surface area contributed by atoms with Crippen molar-refractivity contribution in [3.8, 4) is 0 Å². The smallest absolute Gasteiger partial charge is 0.354 e. The first-order valence-electron chi connectivity index (χ1n) is 5.39. The third-order valence-electron chi connectivity index (χ3n) is 2.66. The van der Waals surface area contributed by atoms with E-state index in [0.29, 0.717) is 17.5 Å². The van der Waals surface area contributed by atoms with Gasteiger partial charge in [0.1, 0.15) is 5.69 Å². The van der Waals surface area contributed by atoms with Crippen LogP contribution < -0.4 is 5.43 Å². The maximum absolute atomic E-state index is 11.9. The fourth-order valence-corrected chi connectivity index (χ4v) is 1.83. The van der Waals surface area contributed by atoms with Crippen molar-refractivity contribution < 1.29 is 14.3 Å². The highest BCUT2D eigenvalue weighted by atomic mass is 16.5. The molecular weight excluding hydrogens is 234 g/mol. The van der Waals surface area contributed by atoms with Crippen molar-refractivity contribution in [1.82, 2.24) is 4.98 Å². The van der Waals surface area contributed by atoms with Gasteiger partial charge in [-0.2, -0.15) is 0 Å². The van der Waals surface area contributed by atoms with Gasteiger partial charge in [0.25, 0.3) is 0 Å². The Hall–Kier alpha value is -2.14. The summed E-state index contributed by atoms with van der Waals surface area (Å²) in [6.45, 7) is 0.359. The minimum atomic E-state index is -0.568. The maximum Gasteiger partial charge on any atom is 0.354 e. The van der Waals surface area contributed by atoms with E-state index in [1.807, 2.05) is 6.07 Å². The first kappa shape index (κ1) is 12.3. The van der Waals surface area contributed by atoms with Gasteiger partial charge >= 0.3 is 5.97 Å². The minimum absolute atomic E-state index is 0.138. The van der Waals surface area contributed by atoms with Crippen LogP contribution in [-0.4, -0.2) is 25.2 Å². The molecule has 0 saturated carbocycles. The Kier molecular flexibility index (Phi) is 3.43. The van der Waals surface area contributed by atoms with Gasteiger partial charge in [-0.05, 0) is 6.07 Å². The molecule has 0 radical (unpaired) electrons. The predicted octanol–water partition coefficient (Wildman–Crippen LogP) is 1.46. The SMILES string of the molecule is COCc1cccc2c(=O)cc(C(=O)OC)[nH]c12. The summed E-state index contributed by atoms with van der Waals surface area (Å²) in [7, 11) is 2.84. The third kappa shape index (κ3) is 2.12. The van der Waals surface area contributed by atoms with Crippen LogP contribution in [0.5, 0.6) is 0 Å². The molecule has 0 atom stereocenters. The summed E-state index contributed by atoms with van der Waals surface area (Å²) >= 11 is 0. The molecule has 1 aromatic carbocycles. The normalized spacial score (nSPS) is 10.6. The highest BCUT2D eigenvalue weighted by molar-refractivity contribution is 5.91. The molecule has 1 heterocycles. The molecule has 5 heteroatoms. The van der Waals surface area contributed by atoms with Crippen LogP contribution in [0.3, 0.4) is 0 Å². The molecule has 1 N–H and O–H groups in total. The molecule has 94 valence electrons. The summed E-state index contributed by atoms with van der Waals surface area (Å²) in [5.41, 5.74) is 1.34. The molecule has 18 heavy (non-hydrogen) atoms. The van der Waals surface area contributed by atoms with Crippen molar-refractivity contribution in [1.29, 1.82) is 0 Å². The number of nitrogens with one attached hydrogen (secondary N) is 1. The number of para-hydroxylation sites is 1. The molecule has 0 unspecified atom stereocenters. The second-order valence-electron chi connectivity index (χ2n) is 3.81. The Morgan fingerprint density at radius 3 is 2.78 bits per heavy atom. The molecule has 0 aliphatic carbocycles. The average Bonchev–Trinajstić information content (AvgIpc) is 2.39. The number of methoxy groups -OCH3 is 2. The summed E-state index contributed by atoms with van der Waals surface area (Å²) in [6.07, 6.45) is 0. The van der Waals surface area contributed by atoms with Gasteiger partial charge in [0.15, 0.2) is 5.43 Å². The number of esters is 1. The second kappa shape index (κ2) is 5.01. The molecular formula is C13H13NO4. The highest BCUT2D eigenvalue weighted by Gasteiger charge is 2.11. The molecule has 0 spiro atoms. The lowest BCUT2D eigenvalue weighted by atomic mass is 10.1. The number of hydrogen-bond acceptors (Lipinski definition) is 4. The summed E-state index contributed by atoms with van der Waals surface area (Å²) in [5.74, 6) is -0.568. The first-order valence-corrected chi connectivity index (χ1v) is 5.39. The van der Waals surface area contributed by atoms with E-state index in [4.69, 9.17) is 4.74 Å². The number of rotatable bonds is 3. The summed E-state index contributed by atoms with van der Waals surface area (Å²) in [6, 6.07) is 6.56. The standard InChI is InChI=1S/C13H13NO4/c1-17-7-8-4-3-5-9-11(15)6-10(13(16)18-2)14-12(8)9/h3-6H,7H2,1-2H3,(H,14,15).